The number of para-hydroxylation sites is 1. The van der Waals surface area contributed by atoms with Gasteiger partial charge >= 0.3 is 0 Å². The maximum absolute atomic E-state index is 4.44. The third kappa shape index (κ3) is 2.82. The number of rotatable bonds is 2. The molecule has 1 aromatic heterocycles. The predicted molar refractivity (Wildman–Crippen MR) is 83.5 cm³/mol. The lowest BCUT2D eigenvalue weighted by atomic mass is 9.99. The van der Waals surface area contributed by atoms with Gasteiger partial charge in [-0.1, -0.05) is 41.1 Å². The van der Waals surface area contributed by atoms with Crippen molar-refractivity contribution in [1.82, 2.24) is 9.88 Å². The average Bonchev–Trinajstić information content (AvgIpc) is 2.43. The maximum Gasteiger partial charge on any atom is 0.0705 e. The van der Waals surface area contributed by atoms with Crippen LogP contribution in [-0.2, 0) is 6.54 Å². The number of benzene rings is 1. The van der Waals surface area contributed by atoms with Crippen molar-refractivity contribution in [2.75, 3.05) is 13.1 Å². The molecular formula is C16H19BrN2. The van der Waals surface area contributed by atoms with Gasteiger partial charge in [-0.15, -0.1) is 0 Å². The topological polar surface area (TPSA) is 16.1 Å². The SMILES string of the molecule is CC1CN(Cc2ccnc3ccccc23)CCC1Br. The van der Waals surface area contributed by atoms with Crippen LogP contribution in [0.4, 0.5) is 0 Å². The van der Waals surface area contributed by atoms with Crippen LogP contribution >= 0.6 is 15.9 Å². The van der Waals surface area contributed by atoms with E-state index in [1.54, 1.807) is 0 Å². The van der Waals surface area contributed by atoms with Crippen LogP contribution in [0, 0.1) is 5.92 Å². The third-order valence-electron chi connectivity index (χ3n) is 4.02. The van der Waals surface area contributed by atoms with Crippen LogP contribution in [0.5, 0.6) is 0 Å². The largest absolute Gasteiger partial charge is 0.299 e. The molecule has 2 atom stereocenters. The summed E-state index contributed by atoms with van der Waals surface area (Å²) in [5.41, 5.74) is 2.49. The molecule has 0 N–H and O–H groups in total. The molecule has 0 bridgehead atoms. The maximum atomic E-state index is 4.44. The second-order valence-electron chi connectivity index (χ2n) is 5.50. The monoisotopic (exact) mass is 318 g/mol. The summed E-state index contributed by atoms with van der Waals surface area (Å²) in [6.45, 7) is 5.72. The van der Waals surface area contributed by atoms with E-state index in [0.29, 0.717) is 4.83 Å². The molecule has 100 valence electrons. The number of aromatic nitrogens is 1. The third-order valence-corrected chi connectivity index (χ3v) is 5.38. The second kappa shape index (κ2) is 5.59. The van der Waals surface area contributed by atoms with Gasteiger partial charge in [-0.25, -0.2) is 0 Å². The summed E-state index contributed by atoms with van der Waals surface area (Å²) in [5.74, 6) is 0.724. The van der Waals surface area contributed by atoms with E-state index in [4.69, 9.17) is 0 Å². The minimum Gasteiger partial charge on any atom is -0.299 e. The van der Waals surface area contributed by atoms with Gasteiger partial charge in [0.05, 0.1) is 5.52 Å². The Labute approximate surface area is 123 Å². The Bertz CT molecular complexity index is 564. The summed E-state index contributed by atoms with van der Waals surface area (Å²) in [5, 5.41) is 1.29. The molecule has 1 saturated heterocycles. The van der Waals surface area contributed by atoms with E-state index >= 15 is 0 Å². The van der Waals surface area contributed by atoms with Crippen LogP contribution in [-0.4, -0.2) is 27.8 Å². The minimum absolute atomic E-state index is 0.679. The van der Waals surface area contributed by atoms with Gasteiger partial charge in [0.1, 0.15) is 0 Å². The molecule has 3 rings (SSSR count). The van der Waals surface area contributed by atoms with Crippen molar-refractivity contribution in [2.45, 2.75) is 24.7 Å². The summed E-state index contributed by atoms with van der Waals surface area (Å²) >= 11 is 3.77. The van der Waals surface area contributed by atoms with Crippen molar-refractivity contribution in [2.24, 2.45) is 5.92 Å². The summed E-state index contributed by atoms with van der Waals surface area (Å²) < 4.78 is 0. The van der Waals surface area contributed by atoms with Crippen molar-refractivity contribution in [3.05, 3.63) is 42.1 Å². The van der Waals surface area contributed by atoms with Crippen LogP contribution in [0.15, 0.2) is 36.5 Å². The molecule has 0 spiro atoms. The van der Waals surface area contributed by atoms with E-state index in [2.05, 4.69) is 63.1 Å². The smallest absolute Gasteiger partial charge is 0.0705 e. The first kappa shape index (κ1) is 13.1. The van der Waals surface area contributed by atoms with Crippen LogP contribution in [0.3, 0.4) is 0 Å². The number of fused-ring (bicyclic) bond motifs is 1. The number of pyridine rings is 1. The number of halogens is 1. The molecule has 2 aromatic rings. The summed E-state index contributed by atoms with van der Waals surface area (Å²) in [6, 6.07) is 10.6. The van der Waals surface area contributed by atoms with Crippen LogP contribution < -0.4 is 0 Å². The molecule has 1 aliphatic rings. The highest BCUT2D eigenvalue weighted by Crippen LogP contribution is 2.25. The molecule has 0 radical (unpaired) electrons. The fraction of sp³-hybridized carbons (Fsp3) is 0.438. The normalized spacial score (nSPS) is 24.7. The number of hydrogen-bond acceptors (Lipinski definition) is 2. The molecule has 3 heteroatoms. The molecule has 0 saturated carbocycles. The highest BCUT2D eigenvalue weighted by atomic mass is 79.9. The van der Waals surface area contributed by atoms with Crippen LogP contribution in [0.1, 0.15) is 18.9 Å². The zero-order valence-corrected chi connectivity index (χ0v) is 12.8. The van der Waals surface area contributed by atoms with E-state index in [0.717, 1.165) is 18.0 Å². The van der Waals surface area contributed by atoms with Gasteiger partial charge in [-0.05, 0) is 36.6 Å². The Kier molecular flexibility index (Phi) is 3.85. The lowest BCUT2D eigenvalue weighted by Crippen LogP contribution is -2.39. The van der Waals surface area contributed by atoms with E-state index in [9.17, 15) is 0 Å². The first-order chi connectivity index (χ1) is 9.24. The fourth-order valence-electron chi connectivity index (χ4n) is 2.88. The Morgan fingerprint density at radius 2 is 2.16 bits per heavy atom. The zero-order chi connectivity index (χ0) is 13.2. The quantitative estimate of drug-likeness (QED) is 0.782. The van der Waals surface area contributed by atoms with Crippen LogP contribution in [0.2, 0.25) is 0 Å². The molecule has 0 aliphatic carbocycles. The number of hydrogen-bond donors (Lipinski definition) is 0. The molecule has 0 amide bonds. The molecular weight excluding hydrogens is 300 g/mol. The number of nitrogens with zero attached hydrogens (tertiary/aromatic N) is 2. The van der Waals surface area contributed by atoms with Crippen molar-refractivity contribution in [3.63, 3.8) is 0 Å². The lowest BCUT2D eigenvalue weighted by molar-refractivity contribution is 0.184. The number of piperidine rings is 1. The van der Waals surface area contributed by atoms with Crippen LogP contribution in [0.25, 0.3) is 10.9 Å². The average molecular weight is 319 g/mol. The van der Waals surface area contributed by atoms with Gasteiger partial charge in [0.2, 0.25) is 0 Å². The van der Waals surface area contributed by atoms with Crippen molar-refractivity contribution in [3.8, 4) is 0 Å². The molecule has 2 nitrogen and oxygen atoms in total. The highest BCUT2D eigenvalue weighted by molar-refractivity contribution is 9.09. The molecule has 19 heavy (non-hydrogen) atoms. The molecule has 2 unspecified atom stereocenters. The van der Waals surface area contributed by atoms with E-state index < -0.39 is 0 Å². The predicted octanol–water partition coefficient (Wildman–Crippen LogP) is 3.84. The Hall–Kier alpha value is -0.930. The lowest BCUT2D eigenvalue weighted by Gasteiger charge is -2.34. The van der Waals surface area contributed by atoms with Gasteiger partial charge in [-0.3, -0.25) is 9.88 Å². The Morgan fingerprint density at radius 1 is 1.32 bits per heavy atom. The summed E-state index contributed by atoms with van der Waals surface area (Å²) in [4.78, 5) is 7.67. The van der Waals surface area contributed by atoms with Crippen molar-refractivity contribution < 1.29 is 0 Å². The van der Waals surface area contributed by atoms with Gasteiger partial charge in [0.15, 0.2) is 0 Å². The van der Waals surface area contributed by atoms with E-state index in [1.165, 1.54) is 30.5 Å². The van der Waals surface area contributed by atoms with E-state index in [1.807, 2.05) is 6.20 Å². The summed E-state index contributed by atoms with van der Waals surface area (Å²) in [6.07, 6.45) is 3.17. The summed E-state index contributed by atoms with van der Waals surface area (Å²) in [7, 11) is 0. The van der Waals surface area contributed by atoms with Gasteiger partial charge in [-0.2, -0.15) is 0 Å². The van der Waals surface area contributed by atoms with Crippen molar-refractivity contribution >= 4 is 26.8 Å². The standard InChI is InChI=1S/C16H19BrN2/c1-12-10-19(9-7-15(12)17)11-13-6-8-18-16-5-3-2-4-14(13)16/h2-6,8,12,15H,7,9-11H2,1H3. The molecule has 1 aliphatic heterocycles. The molecule has 1 aromatic carbocycles. The minimum atomic E-state index is 0.679. The van der Waals surface area contributed by atoms with E-state index in [-0.39, 0.29) is 0 Å². The highest BCUT2D eigenvalue weighted by Gasteiger charge is 2.24. The van der Waals surface area contributed by atoms with Crippen molar-refractivity contribution in [1.29, 1.82) is 0 Å². The number of alkyl halides is 1. The first-order valence-electron chi connectivity index (χ1n) is 6.93. The molecule has 2 heterocycles. The number of likely N-dealkylation sites (tertiary alicyclic amines) is 1. The molecule has 1 fully saturated rings. The second-order valence-corrected chi connectivity index (χ2v) is 6.68. The zero-order valence-electron chi connectivity index (χ0n) is 11.2. The fourth-order valence-corrected chi connectivity index (χ4v) is 3.25. The Morgan fingerprint density at radius 3 is 3.00 bits per heavy atom. The van der Waals surface area contributed by atoms with Gasteiger partial charge < -0.3 is 0 Å². The van der Waals surface area contributed by atoms with Gasteiger partial charge in [0, 0.05) is 29.5 Å². The Balaban J connectivity index is 1.82. The van der Waals surface area contributed by atoms with Gasteiger partial charge in [0.25, 0.3) is 0 Å². The first-order valence-corrected chi connectivity index (χ1v) is 7.84.